The summed E-state index contributed by atoms with van der Waals surface area (Å²) in [5.74, 6) is 0.0695. The molecule has 0 atom stereocenters. The minimum atomic E-state index is -0.0103. The molecule has 0 saturated carbocycles. The third-order valence-corrected chi connectivity index (χ3v) is 5.25. The number of halogens is 1. The van der Waals surface area contributed by atoms with Gasteiger partial charge < -0.3 is 9.80 Å². The van der Waals surface area contributed by atoms with E-state index in [1.54, 1.807) is 11.8 Å². The zero-order valence-corrected chi connectivity index (χ0v) is 16.4. The molecule has 0 aliphatic carbocycles. The summed E-state index contributed by atoms with van der Waals surface area (Å²) >= 11 is 6.02. The second kappa shape index (κ2) is 9.05. The SMILES string of the molecule is CC(=O)N(CCC(=O)N1CCCc2ccccc21)CCc1cccc(Cl)c1. The molecular formula is C22H25ClN2O2. The van der Waals surface area contributed by atoms with Crippen molar-refractivity contribution in [1.29, 1.82) is 0 Å². The van der Waals surface area contributed by atoms with Gasteiger partial charge in [-0.3, -0.25) is 9.59 Å². The summed E-state index contributed by atoms with van der Waals surface area (Å²) < 4.78 is 0. The van der Waals surface area contributed by atoms with Crippen molar-refractivity contribution in [1.82, 2.24) is 4.90 Å². The third kappa shape index (κ3) is 5.10. The van der Waals surface area contributed by atoms with Crippen LogP contribution in [-0.4, -0.2) is 36.3 Å². The lowest BCUT2D eigenvalue weighted by molar-refractivity contribution is -0.129. The van der Waals surface area contributed by atoms with Crippen molar-refractivity contribution in [3.8, 4) is 0 Å². The predicted molar refractivity (Wildman–Crippen MR) is 109 cm³/mol. The fourth-order valence-electron chi connectivity index (χ4n) is 3.54. The van der Waals surface area contributed by atoms with Crippen LogP contribution >= 0.6 is 11.6 Å². The number of anilines is 1. The van der Waals surface area contributed by atoms with Crippen LogP contribution in [0.2, 0.25) is 5.02 Å². The minimum absolute atomic E-state index is 0.0103. The quantitative estimate of drug-likeness (QED) is 0.752. The first kappa shape index (κ1) is 19.4. The normalized spacial score (nSPS) is 13.2. The standard InChI is InChI=1S/C22H25ClN2O2/c1-17(26)24(14-11-18-6-4-9-20(23)16-18)15-12-22(27)25-13-5-8-19-7-2-3-10-21(19)25/h2-4,6-7,9-10,16H,5,8,11-15H2,1H3. The fourth-order valence-corrected chi connectivity index (χ4v) is 3.75. The number of hydrogen-bond donors (Lipinski definition) is 0. The van der Waals surface area contributed by atoms with Gasteiger partial charge in [-0.15, -0.1) is 0 Å². The summed E-state index contributed by atoms with van der Waals surface area (Å²) in [5, 5.41) is 0.695. The van der Waals surface area contributed by atoms with Crippen LogP contribution in [0, 0.1) is 0 Å². The van der Waals surface area contributed by atoms with Crippen molar-refractivity contribution in [3.05, 3.63) is 64.7 Å². The maximum absolute atomic E-state index is 12.8. The third-order valence-electron chi connectivity index (χ3n) is 5.01. The van der Waals surface area contributed by atoms with Gasteiger partial charge in [0.25, 0.3) is 0 Å². The van der Waals surface area contributed by atoms with E-state index in [1.165, 1.54) is 5.56 Å². The zero-order chi connectivity index (χ0) is 19.2. The van der Waals surface area contributed by atoms with Crippen molar-refractivity contribution in [2.45, 2.75) is 32.6 Å². The Hall–Kier alpha value is -2.33. The first-order valence-electron chi connectivity index (χ1n) is 9.43. The predicted octanol–water partition coefficient (Wildman–Crippen LogP) is 4.10. The highest BCUT2D eigenvalue weighted by Crippen LogP contribution is 2.27. The molecule has 1 aliphatic rings. The Morgan fingerprint density at radius 1 is 1.11 bits per heavy atom. The Labute approximate surface area is 165 Å². The van der Waals surface area contributed by atoms with Crippen molar-refractivity contribution >= 4 is 29.1 Å². The van der Waals surface area contributed by atoms with Crippen molar-refractivity contribution in [2.75, 3.05) is 24.5 Å². The largest absolute Gasteiger partial charge is 0.342 e. The summed E-state index contributed by atoms with van der Waals surface area (Å²) in [4.78, 5) is 28.4. The monoisotopic (exact) mass is 384 g/mol. The molecule has 4 nitrogen and oxygen atoms in total. The first-order valence-corrected chi connectivity index (χ1v) is 9.80. The molecule has 0 fully saturated rings. The summed E-state index contributed by atoms with van der Waals surface area (Å²) in [6, 6.07) is 15.7. The first-order chi connectivity index (χ1) is 13.0. The molecule has 142 valence electrons. The number of aryl methyl sites for hydroxylation is 1. The van der Waals surface area contributed by atoms with E-state index in [-0.39, 0.29) is 11.8 Å². The van der Waals surface area contributed by atoms with Crippen LogP contribution in [0.15, 0.2) is 48.5 Å². The minimum Gasteiger partial charge on any atom is -0.342 e. The van der Waals surface area contributed by atoms with Crippen LogP contribution in [-0.2, 0) is 22.4 Å². The van der Waals surface area contributed by atoms with Gasteiger partial charge in [-0.2, -0.15) is 0 Å². The lowest BCUT2D eigenvalue weighted by Gasteiger charge is -2.30. The van der Waals surface area contributed by atoms with Gasteiger partial charge in [0.15, 0.2) is 0 Å². The summed E-state index contributed by atoms with van der Waals surface area (Å²) in [7, 11) is 0. The number of fused-ring (bicyclic) bond motifs is 1. The Kier molecular flexibility index (Phi) is 6.51. The van der Waals surface area contributed by atoms with Gasteiger partial charge in [0.05, 0.1) is 0 Å². The van der Waals surface area contributed by atoms with Gasteiger partial charge in [0.2, 0.25) is 11.8 Å². The number of rotatable bonds is 6. The van der Waals surface area contributed by atoms with Crippen LogP contribution in [0.25, 0.3) is 0 Å². The molecule has 0 spiro atoms. The van der Waals surface area contributed by atoms with E-state index in [4.69, 9.17) is 11.6 Å². The van der Waals surface area contributed by atoms with Gasteiger partial charge >= 0.3 is 0 Å². The number of carbonyl (C=O) groups is 2. The molecule has 0 bridgehead atoms. The topological polar surface area (TPSA) is 40.6 Å². The molecular weight excluding hydrogens is 360 g/mol. The molecule has 0 radical (unpaired) electrons. The second-order valence-corrected chi connectivity index (χ2v) is 7.35. The van der Waals surface area contributed by atoms with Gasteiger partial charge in [-0.05, 0) is 48.6 Å². The van der Waals surface area contributed by atoms with Gasteiger partial charge in [0.1, 0.15) is 0 Å². The summed E-state index contributed by atoms with van der Waals surface area (Å²) in [6.07, 6.45) is 3.05. The summed E-state index contributed by atoms with van der Waals surface area (Å²) in [5.41, 5.74) is 3.33. The van der Waals surface area contributed by atoms with E-state index in [0.29, 0.717) is 24.5 Å². The van der Waals surface area contributed by atoms with Crippen LogP contribution in [0.3, 0.4) is 0 Å². The van der Waals surface area contributed by atoms with E-state index < -0.39 is 0 Å². The van der Waals surface area contributed by atoms with E-state index >= 15 is 0 Å². The lowest BCUT2D eigenvalue weighted by Crippen LogP contribution is -2.39. The van der Waals surface area contributed by atoms with Crippen LogP contribution < -0.4 is 4.90 Å². The maximum Gasteiger partial charge on any atom is 0.228 e. The van der Waals surface area contributed by atoms with E-state index in [1.807, 2.05) is 47.4 Å². The average molecular weight is 385 g/mol. The number of amides is 2. The smallest absolute Gasteiger partial charge is 0.228 e. The lowest BCUT2D eigenvalue weighted by atomic mass is 10.0. The van der Waals surface area contributed by atoms with Crippen LogP contribution in [0.5, 0.6) is 0 Å². The van der Waals surface area contributed by atoms with Crippen LogP contribution in [0.1, 0.15) is 30.9 Å². The zero-order valence-electron chi connectivity index (χ0n) is 15.7. The molecule has 2 aromatic carbocycles. The summed E-state index contributed by atoms with van der Waals surface area (Å²) in [6.45, 7) is 3.32. The molecule has 1 heterocycles. The number of para-hydroxylation sites is 1. The Balaban J connectivity index is 1.58. The molecule has 27 heavy (non-hydrogen) atoms. The van der Waals surface area contributed by atoms with Crippen molar-refractivity contribution < 1.29 is 9.59 Å². The Bertz CT molecular complexity index is 821. The number of carbonyl (C=O) groups excluding carboxylic acids is 2. The molecule has 2 aromatic rings. The van der Waals surface area contributed by atoms with Crippen molar-refractivity contribution in [2.24, 2.45) is 0 Å². The average Bonchev–Trinajstić information content (AvgIpc) is 2.67. The molecule has 0 N–H and O–H groups in total. The van der Waals surface area contributed by atoms with E-state index in [0.717, 1.165) is 37.1 Å². The molecule has 3 rings (SSSR count). The molecule has 0 unspecified atom stereocenters. The molecule has 0 saturated heterocycles. The maximum atomic E-state index is 12.8. The molecule has 1 aliphatic heterocycles. The highest BCUT2D eigenvalue weighted by Gasteiger charge is 2.22. The van der Waals surface area contributed by atoms with Crippen molar-refractivity contribution in [3.63, 3.8) is 0 Å². The van der Waals surface area contributed by atoms with Gasteiger partial charge in [-0.25, -0.2) is 0 Å². The fraction of sp³-hybridized carbons (Fsp3) is 0.364. The molecule has 0 aromatic heterocycles. The highest BCUT2D eigenvalue weighted by molar-refractivity contribution is 6.30. The number of hydrogen-bond acceptors (Lipinski definition) is 2. The van der Waals surface area contributed by atoms with Gasteiger partial charge in [0, 0.05) is 43.7 Å². The second-order valence-electron chi connectivity index (χ2n) is 6.91. The van der Waals surface area contributed by atoms with E-state index in [2.05, 4.69) is 6.07 Å². The van der Waals surface area contributed by atoms with Gasteiger partial charge in [-0.1, -0.05) is 41.9 Å². The number of nitrogens with zero attached hydrogens (tertiary/aromatic N) is 2. The van der Waals surface area contributed by atoms with Crippen LogP contribution in [0.4, 0.5) is 5.69 Å². The number of benzene rings is 2. The Morgan fingerprint density at radius 2 is 1.93 bits per heavy atom. The Morgan fingerprint density at radius 3 is 2.70 bits per heavy atom. The molecule has 2 amide bonds. The van der Waals surface area contributed by atoms with E-state index in [9.17, 15) is 9.59 Å². The molecule has 5 heteroatoms. The highest BCUT2D eigenvalue weighted by atomic mass is 35.5.